The van der Waals surface area contributed by atoms with E-state index >= 15 is 0 Å². The molecule has 13 aliphatic rings. The van der Waals surface area contributed by atoms with Gasteiger partial charge in [0, 0.05) is 72.1 Å². The van der Waals surface area contributed by atoms with Crippen LogP contribution in [0.4, 0.5) is 19.2 Å². The number of imidazole rings is 3. The van der Waals surface area contributed by atoms with Crippen molar-refractivity contribution in [2.45, 2.75) is 343 Å². The number of fused-ring (bicyclic) bond motifs is 18. The van der Waals surface area contributed by atoms with Crippen molar-refractivity contribution >= 4 is 104 Å². The number of ether oxygens (including phenoxy) is 5. The predicted octanol–water partition coefficient (Wildman–Crippen LogP) is 19.9. The number of carbonyl (C=O) groups excluding carboxylic acids is 8. The van der Waals surface area contributed by atoms with Crippen molar-refractivity contribution in [3.63, 3.8) is 0 Å². The Labute approximate surface area is 847 Å². The minimum atomic E-state index is -1.47. The fraction of sp³-hybridized carbons (Fsp3) is 0.628. The van der Waals surface area contributed by atoms with Gasteiger partial charge in [-0.15, -0.1) is 5.06 Å². The summed E-state index contributed by atoms with van der Waals surface area (Å²) < 4.78 is 35.0. The molecule has 12 aliphatic carbocycles. The van der Waals surface area contributed by atoms with Gasteiger partial charge in [-0.25, -0.2) is 54.6 Å². The number of aromatic nitrogens is 6. The van der Waals surface area contributed by atoms with Gasteiger partial charge in [0.15, 0.2) is 0 Å². The summed E-state index contributed by atoms with van der Waals surface area (Å²) in [6.07, 6.45) is 41.6. The van der Waals surface area contributed by atoms with Gasteiger partial charge in [0.1, 0.15) is 66.1 Å². The molecule has 6 amide bonds. The molecular weight excluding hydrogens is 1830 g/mol. The number of aliphatic hydroxyl groups is 1. The molecule has 12 unspecified atom stereocenters. The molecule has 780 valence electrons. The van der Waals surface area contributed by atoms with E-state index in [4.69, 9.17) is 60.9 Å². The Morgan fingerprint density at radius 2 is 0.840 bits per heavy atom. The van der Waals surface area contributed by atoms with Crippen LogP contribution in [0.25, 0.3) is 50.2 Å². The molecule has 3 aromatic carbocycles. The smallest absolute Gasteiger partial charge is 0.425 e. The second kappa shape index (κ2) is 42.4. The highest BCUT2D eigenvalue weighted by Gasteiger charge is 2.62. The molecule has 1 saturated heterocycles. The minimum absolute atomic E-state index is 0.0167. The van der Waals surface area contributed by atoms with E-state index in [1.807, 2.05) is 30.4 Å². The highest BCUT2D eigenvalue weighted by molar-refractivity contribution is 6.02. The number of allylic oxidation sites excluding steroid dienone is 9. The van der Waals surface area contributed by atoms with E-state index in [0.717, 1.165) is 136 Å². The summed E-state index contributed by atoms with van der Waals surface area (Å²) in [5, 5.41) is 27.4. The molecule has 0 radical (unpaired) electrons. The number of alkyl carbamates (subject to hydrolysis) is 2. The number of benzene rings is 3. The Hall–Kier alpha value is -11.0. The van der Waals surface area contributed by atoms with Crippen LogP contribution in [0.1, 0.15) is 290 Å². The first-order chi connectivity index (χ1) is 68.2. The molecule has 19 rings (SSSR count). The molecule has 0 bridgehead atoms. The summed E-state index contributed by atoms with van der Waals surface area (Å²) in [6.45, 7) is 31.6. The third-order valence-corrected chi connectivity index (χ3v) is 35.2. The van der Waals surface area contributed by atoms with Crippen LogP contribution < -0.4 is 33.3 Å². The maximum Gasteiger partial charge on any atom is 0.425 e. The maximum atomic E-state index is 13.8. The number of esters is 2. The Balaban J connectivity index is 0.000000143. The fourth-order valence-electron chi connectivity index (χ4n) is 27.9. The van der Waals surface area contributed by atoms with E-state index in [-0.39, 0.29) is 96.5 Å². The largest absolute Gasteiger partial charge is 0.465 e. The average Bonchev–Trinajstić information content (AvgIpc) is 1.55. The first-order valence-electron chi connectivity index (χ1n) is 53.0. The number of hydrogen-bond donors (Lipinski definition) is 8. The highest BCUT2D eigenvalue weighted by atomic mass is 16.7. The van der Waals surface area contributed by atoms with Gasteiger partial charge in [-0.2, -0.15) is 0 Å². The zero-order chi connectivity index (χ0) is 103. The van der Waals surface area contributed by atoms with Crippen molar-refractivity contribution in [2.75, 3.05) is 19.6 Å². The Morgan fingerprint density at radius 3 is 1.24 bits per heavy atom. The standard InChI is InChI=1S/C41H59N5O6.C31H42N4O2.C26H32N2O.C15H23N3O8/c1-38(2,3)51-36(48)43-23-11-14-33(46(42)37(49)52-39(4,5)6)35(47)50-27-19-21-40(7)26(24-27)15-16-28-29-17-18-34(41(29,8)22-20-30(28)40)45-25-44-31-12-9-10-13-32(31)45;1-30-15-13-21(37-29(36)25(33)6-5-17-32)18-20(30)9-10-22-23-11-12-28(31(23,2)16-14-24(22)30)35-19-34-26-7-3-4-8-27(26)35;1-25-13-11-18(29)15-17(25)7-8-19-20-9-10-24(26(20,2)14-12-21(19)25)28-16-27-22-5-3-4-6-23(22)28;1-15(2,3)25-14(24)16-8-4-5-9(17-13(22)23)12(21)26-18-10(19)6-7-11(18)20/h9-10,12-13,15,18,25,27-30,33H,11,14,16-17,19-24,42H2,1-8H3,(H,43,48);3-4,7-9,12,19,21-25H,5-6,10-11,13-18,32-33H2,1-2H3;3-7,10,16,18-21,29H,8-9,11-15H2,1-2H3;9,17H,4-8H2,1-3H3,(H,16,24)(H,22,23)/t27-,28?,29?,30?,33?,40-,41-;21-,22?,23?,24?,25?,30-,31-;18-,19?,20?,21?,25-,26-;/m000./s1. The Kier molecular flexibility index (Phi) is 31.2. The van der Waals surface area contributed by atoms with Crippen molar-refractivity contribution in [2.24, 2.45) is 103 Å². The molecule has 11 N–H and O–H groups in total. The fourth-order valence-corrected chi connectivity index (χ4v) is 27.9. The summed E-state index contributed by atoms with van der Waals surface area (Å²) in [6, 6.07) is 22.5. The van der Waals surface area contributed by atoms with E-state index in [2.05, 4.69) is 174 Å². The molecule has 6 aromatic rings. The van der Waals surface area contributed by atoms with Gasteiger partial charge in [-0.3, -0.25) is 14.4 Å². The van der Waals surface area contributed by atoms with E-state index in [1.165, 1.54) is 83.3 Å². The van der Waals surface area contributed by atoms with Crippen LogP contribution in [-0.4, -0.2) is 176 Å². The first kappa shape index (κ1) is 106. The number of hydrazine groups is 1. The SMILES string of the molecule is CC(C)(C)OC(=O)NCCCC(C(=O)O[C@H]1CC[C@@]2(C)C(=CCC3C2CC[C@]2(C)C(n4cnc5ccccc54)=CCC32)C1)N(N)C(=O)OC(C)(C)C.CC(C)(C)OC(=O)NCCCC(NC(=O)O)C(=O)ON1C(=O)CCC1=O.C[C@]12CC[C@H](O)CC1=CCC1C2CC[C@]2(C)C(n3cnc4ccccc43)=CCC12.C[C@]12CC[C@H](OC(=O)C(N)CCCN)CC1=CCC1C2CC[C@]2(C)C(n3cnc4ccccc43)=CCC12. The lowest BCUT2D eigenvalue weighted by atomic mass is 9.47. The number of nitrogens with zero attached hydrogens (tertiary/aromatic N) is 8. The number of hydroxylamine groups is 2. The van der Waals surface area contributed by atoms with Gasteiger partial charge in [-0.1, -0.05) is 131 Å². The number of nitrogens with one attached hydrogen (secondary N) is 3. The van der Waals surface area contributed by atoms with Gasteiger partial charge in [-0.05, 0) is 335 Å². The summed E-state index contributed by atoms with van der Waals surface area (Å²) in [4.78, 5) is 127. The molecule has 7 fully saturated rings. The van der Waals surface area contributed by atoms with E-state index in [9.17, 15) is 48.3 Å². The minimum Gasteiger partial charge on any atom is -0.465 e. The van der Waals surface area contributed by atoms with E-state index in [0.29, 0.717) is 71.8 Å². The average molecular weight is 1980 g/mol. The first-order valence-corrected chi connectivity index (χ1v) is 53.0. The normalized spacial score (nSPS) is 30.8. The van der Waals surface area contributed by atoms with Crippen LogP contribution in [0.15, 0.2) is 145 Å². The number of aliphatic hydroxyl groups excluding tert-OH is 1. The van der Waals surface area contributed by atoms with Gasteiger partial charge in [0.05, 0.1) is 39.2 Å². The molecule has 31 nitrogen and oxygen atoms in total. The second-order valence-electron chi connectivity index (χ2n) is 47.5. The number of hydrogen-bond acceptors (Lipinski definition) is 22. The Morgan fingerprint density at radius 1 is 0.465 bits per heavy atom. The van der Waals surface area contributed by atoms with Gasteiger partial charge in [0.25, 0.3) is 11.8 Å². The van der Waals surface area contributed by atoms with Crippen LogP contribution >= 0.6 is 0 Å². The third kappa shape index (κ3) is 22.0. The number of amides is 6. The zero-order valence-corrected chi connectivity index (χ0v) is 87.2. The lowest BCUT2D eigenvalue weighted by Crippen LogP contribution is -2.53. The number of imide groups is 1. The van der Waals surface area contributed by atoms with E-state index in [1.54, 1.807) is 67.9 Å². The quantitative estimate of drug-likeness (QED) is 0.00457. The number of para-hydroxylation sites is 6. The maximum absolute atomic E-state index is 13.8. The highest BCUT2D eigenvalue weighted by Crippen LogP contribution is 2.70. The van der Waals surface area contributed by atoms with Crippen molar-refractivity contribution in [3.8, 4) is 0 Å². The molecule has 4 heterocycles. The van der Waals surface area contributed by atoms with E-state index < -0.39 is 83.1 Å². The van der Waals surface area contributed by atoms with Crippen molar-refractivity contribution in [3.05, 3.63) is 145 Å². The molecule has 3 aromatic heterocycles. The lowest BCUT2D eigenvalue weighted by molar-refractivity contribution is -0.199. The molecular formula is C113H156N14O17. The van der Waals surface area contributed by atoms with Crippen LogP contribution in [0.2, 0.25) is 0 Å². The van der Waals surface area contributed by atoms with Gasteiger partial charge in [0.2, 0.25) is 0 Å². The number of carboxylic acid groups (broad SMARTS) is 1. The number of nitrogens with two attached hydrogens (primary N) is 3. The van der Waals surface area contributed by atoms with Crippen molar-refractivity contribution < 1.29 is 81.9 Å². The summed E-state index contributed by atoms with van der Waals surface area (Å²) in [5.41, 5.74) is 26.3. The molecule has 1 aliphatic heterocycles. The summed E-state index contributed by atoms with van der Waals surface area (Å²) in [7, 11) is 0. The Bertz CT molecular complexity index is 5970. The van der Waals surface area contributed by atoms with Crippen LogP contribution in [-0.2, 0) is 52.5 Å². The predicted molar refractivity (Wildman–Crippen MR) is 550 cm³/mol. The topological polar surface area (TPSA) is 424 Å². The molecule has 6 saturated carbocycles. The molecule has 21 atom stereocenters. The molecule has 31 heteroatoms. The second-order valence-corrected chi connectivity index (χ2v) is 47.5. The van der Waals surface area contributed by atoms with Crippen LogP contribution in [0.3, 0.4) is 0 Å². The zero-order valence-electron chi connectivity index (χ0n) is 87.2. The van der Waals surface area contributed by atoms with Crippen LogP contribution in [0, 0.1) is 85.8 Å². The van der Waals surface area contributed by atoms with Gasteiger partial charge < -0.3 is 79.9 Å². The molecule has 144 heavy (non-hydrogen) atoms. The monoisotopic (exact) mass is 1980 g/mol. The van der Waals surface area contributed by atoms with Crippen LogP contribution in [0.5, 0.6) is 0 Å². The number of carbonyl (C=O) groups is 9. The van der Waals surface area contributed by atoms with Crippen molar-refractivity contribution in [1.82, 2.24) is 54.7 Å². The number of rotatable bonds is 22. The molecule has 0 spiro atoms. The third-order valence-electron chi connectivity index (χ3n) is 35.2. The summed E-state index contributed by atoms with van der Waals surface area (Å²) in [5.74, 6) is 9.08. The summed E-state index contributed by atoms with van der Waals surface area (Å²) >= 11 is 0. The van der Waals surface area contributed by atoms with Gasteiger partial charge >= 0.3 is 42.3 Å². The van der Waals surface area contributed by atoms with Crippen molar-refractivity contribution in [1.29, 1.82) is 0 Å². The lowest BCUT2D eigenvalue weighted by Gasteiger charge is -2.57.